The van der Waals surface area contributed by atoms with Crippen LogP contribution in [0.2, 0.25) is 0 Å². The third kappa shape index (κ3) is 2.26. The summed E-state index contributed by atoms with van der Waals surface area (Å²) in [7, 11) is 0. The number of imidazole rings is 1. The first-order valence-corrected chi connectivity index (χ1v) is 7.26. The first-order valence-electron chi connectivity index (χ1n) is 6.28. The summed E-state index contributed by atoms with van der Waals surface area (Å²) in [6, 6.07) is 2.21. The van der Waals surface area contributed by atoms with Gasteiger partial charge in [-0.25, -0.2) is 13.8 Å². The lowest BCUT2D eigenvalue weighted by Crippen LogP contribution is -2.18. The molecule has 0 spiro atoms. The predicted molar refractivity (Wildman–Crippen MR) is 70.9 cm³/mol. The van der Waals surface area contributed by atoms with Crippen molar-refractivity contribution in [2.24, 2.45) is 0 Å². The largest absolute Gasteiger partial charge is 0.481 e. The lowest BCUT2D eigenvalue weighted by atomic mass is 9.93. The van der Waals surface area contributed by atoms with Crippen molar-refractivity contribution in [3.8, 4) is 0 Å². The van der Waals surface area contributed by atoms with E-state index in [-0.39, 0.29) is 17.3 Å². The summed E-state index contributed by atoms with van der Waals surface area (Å²) >= 11 is 1.04. The molecule has 3 rings (SSSR count). The van der Waals surface area contributed by atoms with Gasteiger partial charge in [0.1, 0.15) is 11.3 Å². The number of thioether (sulfide) groups is 1. The number of carboxylic acid groups (broad SMARTS) is 1. The van der Waals surface area contributed by atoms with Crippen molar-refractivity contribution < 1.29 is 18.7 Å². The van der Waals surface area contributed by atoms with Crippen LogP contribution < -0.4 is 0 Å². The molecule has 1 aliphatic rings. The number of fused-ring (bicyclic) bond motifs is 1. The second-order valence-electron chi connectivity index (χ2n) is 4.79. The summed E-state index contributed by atoms with van der Waals surface area (Å²) in [6.07, 6.45) is 2.90. The van der Waals surface area contributed by atoms with Crippen LogP contribution in [0.4, 0.5) is 8.78 Å². The molecule has 0 radical (unpaired) electrons. The fourth-order valence-corrected chi connectivity index (χ4v) is 3.12. The molecule has 20 heavy (non-hydrogen) atoms. The Morgan fingerprint density at radius 1 is 1.45 bits per heavy atom. The first-order chi connectivity index (χ1) is 9.56. The van der Waals surface area contributed by atoms with Crippen molar-refractivity contribution in [1.29, 1.82) is 0 Å². The predicted octanol–water partition coefficient (Wildman–Crippen LogP) is 3.22. The van der Waals surface area contributed by atoms with Gasteiger partial charge < -0.3 is 9.67 Å². The van der Waals surface area contributed by atoms with Crippen LogP contribution in [0.15, 0.2) is 17.3 Å². The first kappa shape index (κ1) is 13.4. The Morgan fingerprint density at radius 3 is 2.80 bits per heavy atom. The lowest BCUT2D eigenvalue weighted by Gasteiger charge is -2.28. The van der Waals surface area contributed by atoms with Crippen LogP contribution in [0.1, 0.15) is 25.3 Å². The highest BCUT2D eigenvalue weighted by molar-refractivity contribution is 7.99. The van der Waals surface area contributed by atoms with Crippen molar-refractivity contribution >= 4 is 28.8 Å². The summed E-state index contributed by atoms with van der Waals surface area (Å²) in [6.45, 7) is 0. The van der Waals surface area contributed by atoms with Gasteiger partial charge in [-0.2, -0.15) is 0 Å². The average Bonchev–Trinajstić information content (AvgIpc) is 2.64. The van der Waals surface area contributed by atoms with Crippen LogP contribution in [0.25, 0.3) is 11.0 Å². The van der Waals surface area contributed by atoms with Crippen LogP contribution >= 0.6 is 11.8 Å². The van der Waals surface area contributed by atoms with E-state index in [1.165, 1.54) is 6.07 Å². The third-order valence-electron chi connectivity index (χ3n) is 3.45. The van der Waals surface area contributed by atoms with E-state index in [1.54, 1.807) is 4.57 Å². The number of halogens is 2. The van der Waals surface area contributed by atoms with Crippen LogP contribution in [-0.4, -0.2) is 26.4 Å². The smallest absolute Gasteiger partial charge is 0.313 e. The Kier molecular flexibility index (Phi) is 3.37. The van der Waals surface area contributed by atoms with Crippen LogP contribution in [-0.2, 0) is 4.79 Å². The van der Waals surface area contributed by atoms with E-state index >= 15 is 0 Å². The number of hydrogen-bond donors (Lipinski definition) is 1. The second kappa shape index (κ2) is 5.05. The molecule has 2 aromatic rings. The molecule has 1 aromatic carbocycles. The normalized spacial score (nSPS) is 15.5. The zero-order chi connectivity index (χ0) is 14.3. The molecule has 0 aliphatic heterocycles. The fourth-order valence-electron chi connectivity index (χ4n) is 2.33. The molecular weight excluding hydrogens is 286 g/mol. The third-order valence-corrected chi connectivity index (χ3v) is 4.38. The highest BCUT2D eigenvalue weighted by Gasteiger charge is 2.26. The molecule has 0 saturated heterocycles. The van der Waals surface area contributed by atoms with Gasteiger partial charge in [0.15, 0.2) is 11.0 Å². The molecule has 0 atom stereocenters. The van der Waals surface area contributed by atoms with Crippen molar-refractivity contribution in [1.82, 2.24) is 9.55 Å². The highest BCUT2D eigenvalue weighted by Crippen LogP contribution is 2.38. The van der Waals surface area contributed by atoms with E-state index in [2.05, 4.69) is 4.98 Å². The van der Waals surface area contributed by atoms with Crippen molar-refractivity contribution in [2.75, 3.05) is 5.75 Å². The van der Waals surface area contributed by atoms with Gasteiger partial charge in [-0.3, -0.25) is 4.79 Å². The van der Waals surface area contributed by atoms with Crippen molar-refractivity contribution in [3.05, 3.63) is 23.8 Å². The maximum Gasteiger partial charge on any atom is 0.313 e. The number of aromatic nitrogens is 2. The van der Waals surface area contributed by atoms with E-state index < -0.39 is 17.6 Å². The summed E-state index contributed by atoms with van der Waals surface area (Å²) in [4.78, 5) is 14.8. The number of carbonyl (C=O) groups is 1. The van der Waals surface area contributed by atoms with Crippen LogP contribution in [0.5, 0.6) is 0 Å². The number of hydrogen-bond acceptors (Lipinski definition) is 3. The van der Waals surface area contributed by atoms with Crippen molar-refractivity contribution in [2.45, 2.75) is 30.5 Å². The maximum atomic E-state index is 13.8. The van der Waals surface area contributed by atoms with E-state index in [4.69, 9.17) is 5.11 Å². The van der Waals surface area contributed by atoms with Gasteiger partial charge in [0.2, 0.25) is 0 Å². The summed E-state index contributed by atoms with van der Waals surface area (Å²) in [5.41, 5.74) is 0.506. The number of rotatable bonds is 4. The zero-order valence-electron chi connectivity index (χ0n) is 10.5. The van der Waals surface area contributed by atoms with E-state index in [9.17, 15) is 13.6 Å². The molecule has 0 bridgehead atoms. The Balaban J connectivity index is 2.12. The molecule has 0 amide bonds. The SMILES string of the molecule is O=C(O)CSc1nc2c(F)cc(F)cc2n1C1CCC1. The molecule has 1 fully saturated rings. The van der Waals surface area contributed by atoms with Crippen molar-refractivity contribution in [3.63, 3.8) is 0 Å². The zero-order valence-corrected chi connectivity index (χ0v) is 11.3. The second-order valence-corrected chi connectivity index (χ2v) is 5.73. The molecule has 7 heteroatoms. The topological polar surface area (TPSA) is 55.1 Å². The van der Waals surface area contributed by atoms with Gasteiger partial charge >= 0.3 is 5.97 Å². The minimum absolute atomic E-state index is 0.103. The van der Waals surface area contributed by atoms with Gasteiger partial charge in [-0.15, -0.1) is 0 Å². The number of nitrogens with zero attached hydrogens (tertiary/aromatic N) is 2. The van der Waals surface area contributed by atoms with Gasteiger partial charge in [0.05, 0.1) is 11.3 Å². The van der Waals surface area contributed by atoms with E-state index in [1.807, 2.05) is 0 Å². The summed E-state index contributed by atoms with van der Waals surface area (Å²) in [5, 5.41) is 9.20. The highest BCUT2D eigenvalue weighted by atomic mass is 32.2. The molecule has 106 valence electrons. The number of carboxylic acids is 1. The van der Waals surface area contributed by atoms with Crippen LogP contribution in [0.3, 0.4) is 0 Å². The summed E-state index contributed by atoms with van der Waals surface area (Å²) in [5.74, 6) is -2.48. The Bertz CT molecular complexity index is 683. The molecule has 4 nitrogen and oxygen atoms in total. The van der Waals surface area contributed by atoms with Gasteiger partial charge in [-0.05, 0) is 19.3 Å². The minimum atomic E-state index is -0.964. The van der Waals surface area contributed by atoms with Crippen LogP contribution in [0, 0.1) is 11.6 Å². The molecule has 1 heterocycles. The monoisotopic (exact) mass is 298 g/mol. The molecule has 1 N–H and O–H groups in total. The molecule has 1 aliphatic carbocycles. The number of aliphatic carboxylic acids is 1. The molecule has 1 saturated carbocycles. The van der Waals surface area contributed by atoms with Gasteiger partial charge in [-0.1, -0.05) is 11.8 Å². The standard InChI is InChI=1S/C13H12F2N2O2S/c14-7-4-9(15)12-10(5-7)17(8-2-1-3-8)13(16-12)20-6-11(18)19/h4-5,8H,1-3,6H2,(H,18,19). The minimum Gasteiger partial charge on any atom is -0.481 e. The maximum absolute atomic E-state index is 13.8. The Hall–Kier alpha value is -1.63. The van der Waals surface area contributed by atoms with Gasteiger partial charge in [0.25, 0.3) is 0 Å². The Labute approximate surface area is 117 Å². The van der Waals surface area contributed by atoms with E-state index in [0.717, 1.165) is 37.1 Å². The molecule has 0 unspecified atom stereocenters. The summed E-state index contributed by atoms with van der Waals surface area (Å²) < 4.78 is 29.0. The average molecular weight is 298 g/mol. The Morgan fingerprint density at radius 2 is 2.20 bits per heavy atom. The fraction of sp³-hybridized carbons (Fsp3) is 0.385. The lowest BCUT2D eigenvalue weighted by molar-refractivity contribution is -0.133. The quantitative estimate of drug-likeness (QED) is 0.881. The van der Waals surface area contributed by atoms with E-state index in [0.29, 0.717) is 10.7 Å². The molecular formula is C13H12F2N2O2S. The number of benzene rings is 1. The van der Waals surface area contributed by atoms with Gasteiger partial charge in [0, 0.05) is 18.2 Å². The molecule has 1 aromatic heterocycles.